The SMILES string of the molecule is Cc1ncc(C#Cc2ccc(NC3CN(C(=O)OC(C)(C)C)C3)cn2)c2cc(NC(=O)C3CC3)ncc12. The molecular formula is C28H30N6O3. The number of carbonyl (C=O) groups is 2. The predicted molar refractivity (Wildman–Crippen MR) is 141 cm³/mol. The molecule has 37 heavy (non-hydrogen) atoms. The fourth-order valence-corrected chi connectivity index (χ4v) is 3.97. The highest BCUT2D eigenvalue weighted by Crippen LogP contribution is 2.30. The number of ether oxygens (including phenoxy) is 1. The molecule has 0 bridgehead atoms. The monoisotopic (exact) mass is 498 g/mol. The highest BCUT2D eigenvalue weighted by molar-refractivity contribution is 5.96. The maximum atomic E-state index is 12.2. The lowest BCUT2D eigenvalue weighted by molar-refractivity contribution is -0.117. The average molecular weight is 499 g/mol. The molecule has 9 heteroatoms. The molecule has 2 fully saturated rings. The summed E-state index contributed by atoms with van der Waals surface area (Å²) in [4.78, 5) is 39.2. The lowest BCUT2D eigenvalue weighted by Crippen LogP contribution is -2.57. The smallest absolute Gasteiger partial charge is 0.410 e. The van der Waals surface area contributed by atoms with Gasteiger partial charge in [0.25, 0.3) is 0 Å². The van der Waals surface area contributed by atoms with Crippen LogP contribution in [0.4, 0.5) is 16.3 Å². The van der Waals surface area contributed by atoms with Crippen molar-refractivity contribution in [3.8, 4) is 11.8 Å². The quantitative estimate of drug-likeness (QED) is 0.521. The van der Waals surface area contributed by atoms with Gasteiger partial charge in [-0.25, -0.2) is 14.8 Å². The van der Waals surface area contributed by atoms with Crippen molar-refractivity contribution < 1.29 is 14.3 Å². The van der Waals surface area contributed by atoms with Crippen LogP contribution in [0.1, 0.15) is 50.6 Å². The van der Waals surface area contributed by atoms with Gasteiger partial charge in [-0.2, -0.15) is 0 Å². The van der Waals surface area contributed by atoms with Gasteiger partial charge in [-0.05, 0) is 64.7 Å². The first-order valence-corrected chi connectivity index (χ1v) is 12.4. The first-order chi connectivity index (χ1) is 17.6. The fraction of sp³-hybridized carbons (Fsp3) is 0.393. The number of carbonyl (C=O) groups excluding carboxylic acids is 2. The molecule has 2 aliphatic rings. The average Bonchev–Trinajstić information content (AvgIpc) is 3.66. The minimum atomic E-state index is -0.498. The largest absolute Gasteiger partial charge is 0.444 e. The molecule has 1 saturated heterocycles. The zero-order valence-electron chi connectivity index (χ0n) is 21.5. The molecule has 2 N–H and O–H groups in total. The van der Waals surface area contributed by atoms with E-state index in [0.29, 0.717) is 24.6 Å². The summed E-state index contributed by atoms with van der Waals surface area (Å²) in [6.45, 7) is 8.67. The summed E-state index contributed by atoms with van der Waals surface area (Å²) in [5, 5.41) is 8.06. The van der Waals surface area contributed by atoms with E-state index in [1.807, 2.05) is 45.9 Å². The Bertz CT molecular complexity index is 1410. The van der Waals surface area contributed by atoms with Gasteiger partial charge in [-0.3, -0.25) is 9.78 Å². The number of hydrogen-bond donors (Lipinski definition) is 2. The third-order valence-electron chi connectivity index (χ3n) is 6.16. The summed E-state index contributed by atoms with van der Waals surface area (Å²) < 4.78 is 5.39. The Morgan fingerprint density at radius 2 is 1.81 bits per heavy atom. The van der Waals surface area contributed by atoms with Crippen LogP contribution in [0.3, 0.4) is 0 Å². The molecule has 1 saturated carbocycles. The summed E-state index contributed by atoms with van der Waals surface area (Å²) in [6.07, 6.45) is 6.79. The number of aryl methyl sites for hydroxylation is 1. The molecule has 0 radical (unpaired) electrons. The topological polar surface area (TPSA) is 109 Å². The van der Waals surface area contributed by atoms with Crippen LogP contribution in [0.25, 0.3) is 10.8 Å². The molecular weight excluding hydrogens is 468 g/mol. The standard InChI is InChI=1S/C28H30N6O3/c1-17-24-14-31-25(33-26(35)18-5-6-18)11-23(24)19(12-29-17)7-8-20-9-10-21(13-30-20)32-22-15-34(16-22)27(36)37-28(2,3)4/h9-14,18,22,32H,5-6,15-16H2,1-4H3,(H,31,33,35). The van der Waals surface area contributed by atoms with Crippen molar-refractivity contribution in [3.63, 3.8) is 0 Å². The van der Waals surface area contributed by atoms with Crippen molar-refractivity contribution in [2.75, 3.05) is 23.7 Å². The number of aromatic nitrogens is 3. The number of anilines is 2. The highest BCUT2D eigenvalue weighted by Gasteiger charge is 2.33. The molecule has 5 rings (SSSR count). The molecule has 190 valence electrons. The molecule has 3 aromatic rings. The highest BCUT2D eigenvalue weighted by atomic mass is 16.6. The van der Waals surface area contributed by atoms with E-state index in [1.54, 1.807) is 23.5 Å². The first kappa shape index (κ1) is 24.5. The second-order valence-electron chi connectivity index (χ2n) is 10.5. The summed E-state index contributed by atoms with van der Waals surface area (Å²) in [5.41, 5.74) is 2.58. The lowest BCUT2D eigenvalue weighted by atomic mass is 10.1. The van der Waals surface area contributed by atoms with Crippen LogP contribution in [-0.4, -0.2) is 56.6 Å². The van der Waals surface area contributed by atoms with E-state index < -0.39 is 5.60 Å². The number of amides is 2. The predicted octanol–water partition coefficient (Wildman–Crippen LogP) is 4.11. The molecule has 0 unspecified atom stereocenters. The van der Waals surface area contributed by atoms with E-state index >= 15 is 0 Å². The normalized spacial score (nSPS) is 15.4. The van der Waals surface area contributed by atoms with Crippen LogP contribution in [0, 0.1) is 24.7 Å². The fourth-order valence-electron chi connectivity index (χ4n) is 3.97. The van der Waals surface area contributed by atoms with E-state index in [1.165, 1.54) is 0 Å². The zero-order valence-corrected chi connectivity index (χ0v) is 21.5. The van der Waals surface area contributed by atoms with E-state index in [-0.39, 0.29) is 24.0 Å². The van der Waals surface area contributed by atoms with Gasteiger partial charge in [-0.1, -0.05) is 5.92 Å². The van der Waals surface area contributed by atoms with Crippen molar-refractivity contribution in [1.29, 1.82) is 0 Å². The number of nitrogens with one attached hydrogen (secondary N) is 2. The van der Waals surface area contributed by atoms with Gasteiger partial charge >= 0.3 is 6.09 Å². The third-order valence-corrected chi connectivity index (χ3v) is 6.16. The maximum Gasteiger partial charge on any atom is 0.410 e. The van der Waals surface area contributed by atoms with E-state index in [9.17, 15) is 9.59 Å². The van der Waals surface area contributed by atoms with Crippen LogP contribution in [0.15, 0.2) is 36.8 Å². The number of likely N-dealkylation sites (tertiary alicyclic amines) is 1. The van der Waals surface area contributed by atoms with E-state index in [0.717, 1.165) is 40.6 Å². The molecule has 0 atom stereocenters. The summed E-state index contributed by atoms with van der Waals surface area (Å²) in [5.74, 6) is 6.92. The molecule has 1 aliphatic carbocycles. The van der Waals surface area contributed by atoms with Crippen LogP contribution in [0.5, 0.6) is 0 Å². The van der Waals surface area contributed by atoms with Gasteiger partial charge in [0.1, 0.15) is 17.1 Å². The number of pyridine rings is 3. The summed E-state index contributed by atoms with van der Waals surface area (Å²) >= 11 is 0. The number of fused-ring (bicyclic) bond motifs is 1. The number of nitrogens with zero attached hydrogens (tertiary/aromatic N) is 4. The molecule has 9 nitrogen and oxygen atoms in total. The number of hydrogen-bond acceptors (Lipinski definition) is 7. The Morgan fingerprint density at radius 1 is 1.03 bits per heavy atom. The van der Waals surface area contributed by atoms with Gasteiger partial charge in [0.2, 0.25) is 5.91 Å². The molecule has 0 aromatic carbocycles. The Kier molecular flexibility index (Phi) is 6.42. The summed E-state index contributed by atoms with van der Waals surface area (Å²) in [6, 6.07) is 5.79. The summed E-state index contributed by atoms with van der Waals surface area (Å²) in [7, 11) is 0. The zero-order chi connectivity index (χ0) is 26.2. The minimum absolute atomic E-state index is 0.0163. The molecule has 0 spiro atoms. The van der Waals surface area contributed by atoms with Gasteiger partial charge in [0.05, 0.1) is 23.5 Å². The molecule has 2 amide bonds. The van der Waals surface area contributed by atoms with Crippen molar-refractivity contribution in [2.45, 2.75) is 52.2 Å². The van der Waals surface area contributed by atoms with Gasteiger partial charge in [0.15, 0.2) is 0 Å². The van der Waals surface area contributed by atoms with Crippen LogP contribution in [-0.2, 0) is 9.53 Å². The van der Waals surface area contributed by atoms with Crippen molar-refractivity contribution in [2.24, 2.45) is 5.92 Å². The van der Waals surface area contributed by atoms with Crippen molar-refractivity contribution in [3.05, 3.63) is 53.7 Å². The maximum absolute atomic E-state index is 12.2. The number of rotatable bonds is 4. The van der Waals surface area contributed by atoms with Crippen LogP contribution in [0.2, 0.25) is 0 Å². The second-order valence-corrected chi connectivity index (χ2v) is 10.5. The van der Waals surface area contributed by atoms with E-state index in [2.05, 4.69) is 37.4 Å². The van der Waals surface area contributed by atoms with Crippen LogP contribution >= 0.6 is 0 Å². The Balaban J connectivity index is 1.24. The van der Waals surface area contributed by atoms with Gasteiger partial charge < -0.3 is 20.3 Å². The van der Waals surface area contributed by atoms with E-state index in [4.69, 9.17) is 4.74 Å². The van der Waals surface area contributed by atoms with Crippen molar-refractivity contribution >= 4 is 34.3 Å². The Hall–Kier alpha value is -4.19. The minimum Gasteiger partial charge on any atom is -0.444 e. The molecule has 1 aliphatic heterocycles. The van der Waals surface area contributed by atoms with Crippen molar-refractivity contribution in [1.82, 2.24) is 19.9 Å². The van der Waals surface area contributed by atoms with Gasteiger partial charge in [0, 0.05) is 47.9 Å². The second kappa shape index (κ2) is 9.69. The Morgan fingerprint density at radius 3 is 2.49 bits per heavy atom. The third kappa shape index (κ3) is 5.97. The molecule has 3 aromatic heterocycles. The van der Waals surface area contributed by atoms with Crippen LogP contribution < -0.4 is 10.6 Å². The first-order valence-electron chi connectivity index (χ1n) is 12.4. The van der Waals surface area contributed by atoms with Gasteiger partial charge in [-0.15, -0.1) is 0 Å². The lowest BCUT2D eigenvalue weighted by Gasteiger charge is -2.40. The molecule has 4 heterocycles. The Labute approximate surface area is 216 Å².